The number of piperazine rings is 1. The van der Waals surface area contributed by atoms with E-state index in [2.05, 4.69) is 0 Å². The van der Waals surface area contributed by atoms with Crippen LogP contribution in [-0.4, -0.2) is 65.2 Å². The fourth-order valence-electron chi connectivity index (χ4n) is 4.45. The maximum absolute atomic E-state index is 13.6. The predicted octanol–water partition coefficient (Wildman–Crippen LogP) is 3.64. The Morgan fingerprint density at radius 2 is 1.70 bits per heavy atom. The molecule has 2 aromatic rings. The summed E-state index contributed by atoms with van der Waals surface area (Å²) in [6.07, 6.45) is 0. The fraction of sp³-hybridized carbons (Fsp3) is 0.462. The van der Waals surface area contributed by atoms with Crippen molar-refractivity contribution in [1.29, 1.82) is 0 Å². The van der Waals surface area contributed by atoms with Gasteiger partial charge in [-0.25, -0.2) is 13.2 Å². The van der Waals surface area contributed by atoms with Crippen LogP contribution in [0.3, 0.4) is 0 Å². The molecule has 3 atom stereocenters. The van der Waals surface area contributed by atoms with Crippen LogP contribution in [0.2, 0.25) is 0 Å². The lowest BCUT2D eigenvalue weighted by molar-refractivity contribution is -0.387. The van der Waals surface area contributed by atoms with Gasteiger partial charge in [-0.1, -0.05) is 48.9 Å². The van der Waals surface area contributed by atoms with Gasteiger partial charge in [0.25, 0.3) is 15.7 Å². The van der Waals surface area contributed by atoms with Gasteiger partial charge >= 0.3 is 5.97 Å². The van der Waals surface area contributed by atoms with E-state index in [1.54, 1.807) is 20.8 Å². The van der Waals surface area contributed by atoms with E-state index in [9.17, 15) is 28.1 Å². The highest BCUT2D eigenvalue weighted by atomic mass is 32.2. The van der Waals surface area contributed by atoms with Gasteiger partial charge in [-0.15, -0.1) is 0 Å². The first-order chi connectivity index (χ1) is 17.1. The molecular formula is C26H33N3O7S. The number of carbonyl (C=O) groups excluding carboxylic acids is 2. The molecule has 0 aromatic heterocycles. The van der Waals surface area contributed by atoms with Crippen molar-refractivity contribution in [2.45, 2.75) is 70.0 Å². The number of aryl methyl sites for hydroxylation is 1. The van der Waals surface area contributed by atoms with E-state index >= 15 is 0 Å². The highest BCUT2D eigenvalue weighted by molar-refractivity contribution is 7.89. The molecule has 1 heterocycles. The van der Waals surface area contributed by atoms with Crippen molar-refractivity contribution in [3.8, 4) is 0 Å². The largest absolute Gasteiger partial charge is 0.458 e. The number of amides is 1. The number of rotatable bonds is 7. The van der Waals surface area contributed by atoms with E-state index in [4.69, 9.17) is 4.74 Å². The van der Waals surface area contributed by atoms with E-state index < -0.39 is 61.0 Å². The second-order valence-electron chi connectivity index (χ2n) is 10.2. The maximum Gasteiger partial charge on any atom is 0.330 e. The number of nitro benzene ring substituents is 1. The summed E-state index contributed by atoms with van der Waals surface area (Å²) in [6.45, 7) is 10.2. The standard InChI is InChI=1S/C26H33N3O7S/c1-17-11-13-20(14-12-17)18(2)23(25(31)36-26(4,5)6)27-15-16-28(19(3)24(27)30)37(34,35)22-10-8-7-9-21(22)29(32)33/h7-14,18-19,23H,15-16H2,1-6H3/t18?,19-,23-/m0/s1. The number of para-hydroxylation sites is 1. The van der Waals surface area contributed by atoms with Crippen LogP contribution < -0.4 is 0 Å². The quantitative estimate of drug-likeness (QED) is 0.303. The molecule has 0 bridgehead atoms. The second-order valence-corrected chi connectivity index (χ2v) is 12.1. The number of hydrogen-bond acceptors (Lipinski definition) is 7. The first kappa shape index (κ1) is 28.3. The van der Waals surface area contributed by atoms with Crippen molar-refractivity contribution in [3.05, 3.63) is 69.8 Å². The summed E-state index contributed by atoms with van der Waals surface area (Å²) < 4.78 is 33.4. The zero-order chi connectivity index (χ0) is 27.7. The third kappa shape index (κ3) is 5.99. The SMILES string of the molecule is Cc1ccc(C(C)[C@@H](C(=O)OC(C)(C)C)N2CCN(S(=O)(=O)c3ccccc3[N+](=O)[O-])[C@@H](C)C2=O)cc1. The molecule has 1 saturated heterocycles. The van der Waals surface area contributed by atoms with Crippen LogP contribution in [0.5, 0.6) is 0 Å². The van der Waals surface area contributed by atoms with Crippen LogP contribution in [-0.2, 0) is 24.3 Å². The van der Waals surface area contributed by atoms with Gasteiger partial charge in [0.05, 0.1) is 4.92 Å². The van der Waals surface area contributed by atoms with Crippen LogP contribution in [0.4, 0.5) is 5.69 Å². The Labute approximate surface area is 217 Å². The van der Waals surface area contributed by atoms with Crippen molar-refractivity contribution < 1.29 is 27.7 Å². The molecule has 0 radical (unpaired) electrons. The van der Waals surface area contributed by atoms with Crippen molar-refractivity contribution in [1.82, 2.24) is 9.21 Å². The smallest absolute Gasteiger partial charge is 0.330 e. The van der Waals surface area contributed by atoms with Gasteiger partial charge in [0.1, 0.15) is 17.7 Å². The molecule has 0 N–H and O–H groups in total. The highest BCUT2D eigenvalue weighted by Crippen LogP contribution is 2.32. The average Bonchev–Trinajstić information content (AvgIpc) is 2.81. The zero-order valence-electron chi connectivity index (χ0n) is 21.9. The number of esters is 1. The summed E-state index contributed by atoms with van der Waals surface area (Å²) in [5, 5.41) is 11.5. The molecular weight excluding hydrogens is 498 g/mol. The minimum absolute atomic E-state index is 0.0802. The number of carbonyl (C=O) groups is 2. The van der Waals surface area contributed by atoms with Crippen LogP contribution in [0.15, 0.2) is 53.4 Å². The Hall–Kier alpha value is -3.31. The van der Waals surface area contributed by atoms with Gasteiger partial charge in [0.2, 0.25) is 5.91 Å². The van der Waals surface area contributed by atoms with Gasteiger partial charge in [-0.2, -0.15) is 4.31 Å². The Balaban J connectivity index is 1.97. The molecule has 1 aliphatic rings. The number of hydrogen-bond donors (Lipinski definition) is 0. The molecule has 1 unspecified atom stereocenters. The Morgan fingerprint density at radius 1 is 1.11 bits per heavy atom. The lowest BCUT2D eigenvalue weighted by atomic mass is 9.90. The van der Waals surface area contributed by atoms with Crippen LogP contribution >= 0.6 is 0 Å². The molecule has 3 rings (SSSR count). The lowest BCUT2D eigenvalue weighted by Crippen LogP contribution is -2.62. The molecule has 1 amide bonds. The normalized spacial score (nSPS) is 18.8. The number of nitro groups is 1. The second kappa shape index (κ2) is 10.6. The van der Waals surface area contributed by atoms with Crippen LogP contribution in [0, 0.1) is 17.0 Å². The molecule has 11 heteroatoms. The van der Waals surface area contributed by atoms with Crippen molar-refractivity contribution in [2.24, 2.45) is 0 Å². The number of nitrogens with zero attached hydrogens (tertiary/aromatic N) is 3. The molecule has 0 spiro atoms. The van der Waals surface area contributed by atoms with Gasteiger partial charge in [0.15, 0.2) is 4.90 Å². The molecule has 1 aliphatic heterocycles. The minimum Gasteiger partial charge on any atom is -0.458 e. The molecule has 10 nitrogen and oxygen atoms in total. The van der Waals surface area contributed by atoms with E-state index in [-0.39, 0.29) is 13.1 Å². The topological polar surface area (TPSA) is 127 Å². The van der Waals surface area contributed by atoms with E-state index in [0.29, 0.717) is 0 Å². The van der Waals surface area contributed by atoms with Crippen LogP contribution in [0.1, 0.15) is 51.7 Å². The van der Waals surface area contributed by atoms with Crippen LogP contribution in [0.25, 0.3) is 0 Å². The molecule has 2 aromatic carbocycles. The van der Waals surface area contributed by atoms with Gasteiger partial charge in [0, 0.05) is 25.1 Å². The Bertz CT molecular complexity index is 1290. The van der Waals surface area contributed by atoms with Gasteiger partial charge in [-0.3, -0.25) is 14.9 Å². The summed E-state index contributed by atoms with van der Waals surface area (Å²) in [5.41, 5.74) is 0.512. The lowest BCUT2D eigenvalue weighted by Gasteiger charge is -2.43. The van der Waals surface area contributed by atoms with Crippen molar-refractivity contribution in [2.75, 3.05) is 13.1 Å². The molecule has 37 heavy (non-hydrogen) atoms. The highest BCUT2D eigenvalue weighted by Gasteiger charge is 2.46. The number of ether oxygens (including phenoxy) is 1. The summed E-state index contributed by atoms with van der Waals surface area (Å²) in [5.74, 6) is -1.61. The van der Waals surface area contributed by atoms with Gasteiger partial charge < -0.3 is 9.64 Å². The minimum atomic E-state index is -4.37. The van der Waals surface area contributed by atoms with Crippen molar-refractivity contribution in [3.63, 3.8) is 0 Å². The molecule has 0 aliphatic carbocycles. The fourth-order valence-corrected chi connectivity index (χ4v) is 6.18. The number of benzene rings is 2. The first-order valence-corrected chi connectivity index (χ1v) is 13.4. The molecule has 200 valence electrons. The summed E-state index contributed by atoms with van der Waals surface area (Å²) in [7, 11) is -4.37. The Morgan fingerprint density at radius 3 is 2.27 bits per heavy atom. The predicted molar refractivity (Wildman–Crippen MR) is 137 cm³/mol. The molecule has 0 saturated carbocycles. The summed E-state index contributed by atoms with van der Waals surface area (Å²) in [6, 6.07) is 10.5. The maximum atomic E-state index is 13.6. The van der Waals surface area contributed by atoms with E-state index in [1.807, 2.05) is 38.1 Å². The van der Waals surface area contributed by atoms with Gasteiger partial charge in [-0.05, 0) is 46.2 Å². The van der Waals surface area contributed by atoms with Crippen molar-refractivity contribution >= 4 is 27.6 Å². The first-order valence-electron chi connectivity index (χ1n) is 12.0. The third-order valence-electron chi connectivity index (χ3n) is 6.34. The monoisotopic (exact) mass is 531 g/mol. The molecule has 1 fully saturated rings. The Kier molecular flexibility index (Phi) is 8.09. The number of sulfonamides is 1. The average molecular weight is 532 g/mol. The summed E-state index contributed by atoms with van der Waals surface area (Å²) >= 11 is 0. The van der Waals surface area contributed by atoms with E-state index in [0.717, 1.165) is 27.6 Å². The third-order valence-corrected chi connectivity index (χ3v) is 8.36. The van der Waals surface area contributed by atoms with E-state index in [1.165, 1.54) is 24.0 Å². The summed E-state index contributed by atoms with van der Waals surface area (Å²) in [4.78, 5) is 38.6. The zero-order valence-corrected chi connectivity index (χ0v) is 22.7.